The number of nitrogens with zero attached hydrogens (tertiary/aromatic N) is 1. The predicted molar refractivity (Wildman–Crippen MR) is 91.0 cm³/mol. The lowest BCUT2D eigenvalue weighted by molar-refractivity contribution is -0.123. The Labute approximate surface area is 138 Å². The van der Waals surface area contributed by atoms with Crippen LogP contribution in [0.15, 0.2) is 30.3 Å². The number of benzene rings is 1. The molecule has 1 aromatic carbocycles. The van der Waals surface area contributed by atoms with Crippen molar-refractivity contribution in [3.8, 4) is 0 Å². The van der Waals surface area contributed by atoms with E-state index in [4.69, 9.17) is 0 Å². The molecule has 0 aromatic heterocycles. The van der Waals surface area contributed by atoms with E-state index >= 15 is 0 Å². The molecule has 0 saturated heterocycles. The summed E-state index contributed by atoms with van der Waals surface area (Å²) < 4.78 is 0. The molecule has 4 heteroatoms. The van der Waals surface area contributed by atoms with Gasteiger partial charge in [0.2, 0.25) is 5.91 Å². The third-order valence-electron chi connectivity index (χ3n) is 5.14. The summed E-state index contributed by atoms with van der Waals surface area (Å²) in [6.07, 6.45) is 7.23. The summed E-state index contributed by atoms with van der Waals surface area (Å²) in [5, 5.41) is 12.5. The molecular formula is C19H28N2O2. The second-order valence-electron chi connectivity index (χ2n) is 6.93. The molecule has 2 N–H and O–H groups in total. The van der Waals surface area contributed by atoms with Gasteiger partial charge in [-0.2, -0.15) is 0 Å². The molecule has 2 aliphatic rings. The first-order chi connectivity index (χ1) is 11.3. The summed E-state index contributed by atoms with van der Waals surface area (Å²) in [6.45, 7) is 1.12. The van der Waals surface area contributed by atoms with Gasteiger partial charge in [0.25, 0.3) is 0 Å². The van der Waals surface area contributed by atoms with Gasteiger partial charge in [-0.15, -0.1) is 0 Å². The van der Waals surface area contributed by atoms with Crippen LogP contribution in [0.25, 0.3) is 0 Å². The Bertz CT molecular complexity index is 495. The maximum atomic E-state index is 12.6. The summed E-state index contributed by atoms with van der Waals surface area (Å²) in [5.41, 5.74) is 1.22. The number of carbonyl (C=O) groups excluding carboxylic acids is 1. The number of aliphatic hydroxyl groups is 1. The van der Waals surface area contributed by atoms with Crippen LogP contribution in [0, 0.1) is 5.92 Å². The van der Waals surface area contributed by atoms with E-state index in [0.717, 1.165) is 12.8 Å². The van der Waals surface area contributed by atoms with Gasteiger partial charge in [-0.25, -0.2) is 0 Å². The minimum absolute atomic E-state index is 0.0890. The zero-order chi connectivity index (χ0) is 16.1. The average molecular weight is 316 g/mol. The number of aliphatic hydroxyl groups excluding tert-OH is 1. The first-order valence-corrected chi connectivity index (χ1v) is 8.97. The number of nitrogens with one attached hydrogen (secondary N) is 1. The largest absolute Gasteiger partial charge is 0.395 e. The Morgan fingerprint density at radius 3 is 2.48 bits per heavy atom. The van der Waals surface area contributed by atoms with Crippen LogP contribution in [0.1, 0.15) is 50.1 Å². The van der Waals surface area contributed by atoms with Crippen molar-refractivity contribution in [2.45, 2.75) is 50.6 Å². The maximum absolute atomic E-state index is 12.6. The van der Waals surface area contributed by atoms with Crippen LogP contribution in [0.2, 0.25) is 0 Å². The molecule has 23 heavy (non-hydrogen) atoms. The van der Waals surface area contributed by atoms with E-state index in [1.165, 1.54) is 31.2 Å². The number of amides is 1. The molecule has 3 rings (SSSR count). The Kier molecular flexibility index (Phi) is 5.68. The minimum atomic E-state index is 0.0890. The number of rotatable bonds is 8. The van der Waals surface area contributed by atoms with Crippen molar-refractivity contribution in [1.29, 1.82) is 0 Å². The SMILES string of the molecule is O=C(CN(CCO)C1CC1)NC(c1ccccc1)C1CCCC1. The fourth-order valence-electron chi connectivity index (χ4n) is 3.79. The van der Waals surface area contributed by atoms with Crippen molar-refractivity contribution in [2.24, 2.45) is 5.92 Å². The second kappa shape index (κ2) is 7.93. The van der Waals surface area contributed by atoms with Gasteiger partial charge in [0.1, 0.15) is 0 Å². The predicted octanol–water partition coefficient (Wildman–Crippen LogP) is 2.49. The first-order valence-electron chi connectivity index (χ1n) is 8.97. The quantitative estimate of drug-likeness (QED) is 0.775. The smallest absolute Gasteiger partial charge is 0.234 e. The van der Waals surface area contributed by atoms with Crippen LogP contribution in [-0.2, 0) is 4.79 Å². The van der Waals surface area contributed by atoms with Crippen molar-refractivity contribution >= 4 is 5.91 Å². The van der Waals surface area contributed by atoms with Gasteiger partial charge in [-0.3, -0.25) is 9.69 Å². The monoisotopic (exact) mass is 316 g/mol. The van der Waals surface area contributed by atoms with Gasteiger partial charge < -0.3 is 10.4 Å². The zero-order valence-electron chi connectivity index (χ0n) is 13.8. The molecule has 0 aliphatic heterocycles. The Morgan fingerprint density at radius 2 is 1.87 bits per heavy atom. The maximum Gasteiger partial charge on any atom is 0.234 e. The van der Waals surface area contributed by atoms with Crippen molar-refractivity contribution in [1.82, 2.24) is 10.2 Å². The van der Waals surface area contributed by atoms with Crippen LogP contribution in [0.3, 0.4) is 0 Å². The van der Waals surface area contributed by atoms with Crippen LogP contribution in [0.4, 0.5) is 0 Å². The van der Waals surface area contributed by atoms with Crippen LogP contribution < -0.4 is 5.32 Å². The highest BCUT2D eigenvalue weighted by atomic mass is 16.3. The zero-order valence-corrected chi connectivity index (χ0v) is 13.8. The van der Waals surface area contributed by atoms with Crippen LogP contribution in [0.5, 0.6) is 0 Å². The van der Waals surface area contributed by atoms with Crippen LogP contribution >= 0.6 is 0 Å². The molecule has 0 radical (unpaired) electrons. The topological polar surface area (TPSA) is 52.6 Å². The lowest BCUT2D eigenvalue weighted by Crippen LogP contribution is -2.42. The van der Waals surface area contributed by atoms with Crippen molar-refractivity contribution in [2.75, 3.05) is 19.7 Å². The summed E-state index contributed by atoms with van der Waals surface area (Å²) >= 11 is 0. The summed E-state index contributed by atoms with van der Waals surface area (Å²) in [6, 6.07) is 11.0. The molecule has 1 aromatic rings. The number of hydrogen-bond acceptors (Lipinski definition) is 3. The summed E-state index contributed by atoms with van der Waals surface area (Å²) in [7, 11) is 0. The van der Waals surface area contributed by atoms with Gasteiger partial charge in [-0.05, 0) is 37.2 Å². The Morgan fingerprint density at radius 1 is 1.17 bits per heavy atom. The number of carbonyl (C=O) groups is 1. The van der Waals surface area contributed by atoms with Crippen molar-refractivity contribution in [3.05, 3.63) is 35.9 Å². The van der Waals surface area contributed by atoms with Gasteiger partial charge in [0, 0.05) is 12.6 Å². The molecule has 2 aliphatic carbocycles. The van der Waals surface area contributed by atoms with E-state index in [9.17, 15) is 9.90 Å². The molecule has 0 spiro atoms. The van der Waals surface area contributed by atoms with E-state index in [-0.39, 0.29) is 18.6 Å². The van der Waals surface area contributed by atoms with Gasteiger partial charge in [0.15, 0.2) is 0 Å². The van der Waals surface area contributed by atoms with E-state index in [1.54, 1.807) is 0 Å². The first kappa shape index (κ1) is 16.5. The summed E-state index contributed by atoms with van der Waals surface area (Å²) in [5.74, 6) is 0.639. The molecule has 4 nitrogen and oxygen atoms in total. The molecule has 1 unspecified atom stereocenters. The Hall–Kier alpha value is -1.39. The molecule has 2 fully saturated rings. The van der Waals surface area contributed by atoms with Gasteiger partial charge >= 0.3 is 0 Å². The molecular weight excluding hydrogens is 288 g/mol. The highest BCUT2D eigenvalue weighted by molar-refractivity contribution is 5.78. The lowest BCUT2D eigenvalue weighted by Gasteiger charge is -2.27. The van der Waals surface area contributed by atoms with E-state index < -0.39 is 0 Å². The highest BCUT2D eigenvalue weighted by Crippen LogP contribution is 2.35. The molecule has 1 amide bonds. The van der Waals surface area contributed by atoms with E-state index in [2.05, 4.69) is 22.3 Å². The third-order valence-corrected chi connectivity index (χ3v) is 5.14. The van der Waals surface area contributed by atoms with Crippen molar-refractivity contribution < 1.29 is 9.90 Å². The third kappa shape index (κ3) is 4.55. The average Bonchev–Trinajstić information content (AvgIpc) is 3.28. The lowest BCUT2D eigenvalue weighted by atomic mass is 9.91. The fourth-order valence-corrected chi connectivity index (χ4v) is 3.79. The molecule has 0 heterocycles. The molecule has 2 saturated carbocycles. The number of hydrogen-bond donors (Lipinski definition) is 2. The minimum Gasteiger partial charge on any atom is -0.395 e. The highest BCUT2D eigenvalue weighted by Gasteiger charge is 2.32. The molecule has 0 bridgehead atoms. The fraction of sp³-hybridized carbons (Fsp3) is 0.632. The summed E-state index contributed by atoms with van der Waals surface area (Å²) in [4.78, 5) is 14.7. The van der Waals surface area contributed by atoms with Crippen molar-refractivity contribution in [3.63, 3.8) is 0 Å². The normalized spacial score (nSPS) is 19.9. The standard InChI is InChI=1S/C19H28N2O2/c22-13-12-21(17-10-11-17)14-18(23)20-19(16-8-4-5-9-16)15-6-2-1-3-7-15/h1-3,6-7,16-17,19,22H,4-5,8-14H2,(H,20,23). The second-order valence-corrected chi connectivity index (χ2v) is 6.93. The van der Waals surface area contributed by atoms with Gasteiger partial charge in [-0.1, -0.05) is 43.2 Å². The van der Waals surface area contributed by atoms with Gasteiger partial charge in [0.05, 0.1) is 19.2 Å². The Balaban J connectivity index is 1.64. The molecule has 1 atom stereocenters. The van der Waals surface area contributed by atoms with Crippen LogP contribution in [-0.4, -0.2) is 41.7 Å². The van der Waals surface area contributed by atoms with E-state index in [1.807, 2.05) is 18.2 Å². The molecule has 126 valence electrons. The van der Waals surface area contributed by atoms with E-state index in [0.29, 0.717) is 25.0 Å².